The Morgan fingerprint density at radius 2 is 1.76 bits per heavy atom. The zero-order valence-corrected chi connectivity index (χ0v) is 25.9. The van der Waals surface area contributed by atoms with Crippen molar-refractivity contribution in [3.63, 3.8) is 0 Å². The average molecular weight is 640 g/mol. The van der Waals surface area contributed by atoms with Gasteiger partial charge in [0, 0.05) is 39.3 Å². The lowest BCUT2D eigenvalue weighted by Crippen LogP contribution is -2.41. The lowest BCUT2D eigenvalue weighted by atomic mass is 9.74. The van der Waals surface area contributed by atoms with E-state index < -0.39 is 23.7 Å². The lowest BCUT2D eigenvalue weighted by molar-refractivity contribution is -0.170. The Morgan fingerprint density at radius 1 is 1.07 bits per heavy atom. The molecule has 0 radical (unpaired) electrons. The van der Waals surface area contributed by atoms with Gasteiger partial charge in [0.05, 0.1) is 22.2 Å². The fraction of sp³-hybridized carbons (Fsp3) is 0.303. The first kappa shape index (κ1) is 30.7. The van der Waals surface area contributed by atoms with Gasteiger partial charge in [-0.1, -0.05) is 83.0 Å². The Morgan fingerprint density at radius 3 is 2.44 bits per heavy atom. The number of aromatic nitrogens is 1. The van der Waals surface area contributed by atoms with E-state index in [2.05, 4.69) is 21.2 Å². The molecular weight excluding hydrogens is 607 g/mol. The number of nitrogens with one attached hydrogen (secondary N) is 1. The summed E-state index contributed by atoms with van der Waals surface area (Å²) in [5.41, 5.74) is 2.96. The molecule has 4 rings (SSSR count). The molecule has 4 aromatic rings. The first-order chi connectivity index (χ1) is 19.5. The highest BCUT2D eigenvalue weighted by atomic mass is 79.9. The van der Waals surface area contributed by atoms with Gasteiger partial charge in [0.1, 0.15) is 0 Å². The maximum Gasteiger partial charge on any atom is 0.314 e. The number of pyridine rings is 1. The summed E-state index contributed by atoms with van der Waals surface area (Å²) in [5, 5.41) is 4.19. The minimum absolute atomic E-state index is 0.0628. The van der Waals surface area contributed by atoms with E-state index in [1.807, 2.05) is 74.5 Å². The highest BCUT2D eigenvalue weighted by molar-refractivity contribution is 9.10. The van der Waals surface area contributed by atoms with E-state index in [0.29, 0.717) is 39.2 Å². The van der Waals surface area contributed by atoms with Gasteiger partial charge in [0.2, 0.25) is 6.36 Å². The summed E-state index contributed by atoms with van der Waals surface area (Å²) in [6.07, 6.45) is -1.05. The highest BCUT2D eigenvalue weighted by Gasteiger charge is 2.41. The third-order valence-electron chi connectivity index (χ3n) is 7.36. The van der Waals surface area contributed by atoms with E-state index >= 15 is 0 Å². The third kappa shape index (κ3) is 6.79. The van der Waals surface area contributed by atoms with Crippen molar-refractivity contribution in [3.8, 4) is 11.3 Å². The monoisotopic (exact) mass is 638 g/mol. The number of rotatable bonds is 10. The second-order valence-electron chi connectivity index (χ2n) is 10.6. The summed E-state index contributed by atoms with van der Waals surface area (Å²) in [6, 6.07) is 22.5. The van der Waals surface area contributed by atoms with Crippen LogP contribution >= 0.6 is 27.5 Å². The number of hydrogen-bond acceptors (Lipinski definition) is 4. The van der Waals surface area contributed by atoms with Crippen molar-refractivity contribution >= 4 is 50.3 Å². The maximum absolute atomic E-state index is 14.3. The summed E-state index contributed by atoms with van der Waals surface area (Å²) < 4.78 is 20.3. The predicted molar refractivity (Wildman–Crippen MR) is 166 cm³/mol. The molecule has 0 fully saturated rings. The summed E-state index contributed by atoms with van der Waals surface area (Å²) in [4.78, 5) is 32.1. The van der Waals surface area contributed by atoms with E-state index in [-0.39, 0.29) is 18.9 Å². The normalized spacial score (nSPS) is 13.0. The van der Waals surface area contributed by atoms with Gasteiger partial charge < -0.3 is 10.1 Å². The van der Waals surface area contributed by atoms with Crippen molar-refractivity contribution in [1.82, 2.24) is 10.3 Å². The van der Waals surface area contributed by atoms with Crippen molar-refractivity contribution in [2.45, 2.75) is 52.8 Å². The van der Waals surface area contributed by atoms with Gasteiger partial charge in [0.25, 0.3) is 5.91 Å². The minimum atomic E-state index is -1.70. The number of carbonyl (C=O) groups is 2. The van der Waals surface area contributed by atoms with Crippen LogP contribution in [0, 0.1) is 12.3 Å². The van der Waals surface area contributed by atoms with Gasteiger partial charge in [-0.2, -0.15) is 0 Å². The van der Waals surface area contributed by atoms with Gasteiger partial charge in [-0.15, -0.1) is 0 Å². The molecule has 0 aliphatic heterocycles. The second-order valence-corrected chi connectivity index (χ2v) is 11.9. The summed E-state index contributed by atoms with van der Waals surface area (Å²) >= 11 is 10.1. The SMILES string of the molecule is CCCC(F)OC(=O)C(C)(C)C(CNC(=O)c1c(C)c(-c2ccccc2)nc2ccc(Br)cc12)c1ccccc1Cl. The molecule has 8 heteroatoms. The Kier molecular flexibility index (Phi) is 9.82. The van der Waals surface area contributed by atoms with E-state index in [1.165, 1.54) is 0 Å². The first-order valence-electron chi connectivity index (χ1n) is 13.6. The molecule has 1 amide bonds. The number of halogens is 3. The van der Waals surface area contributed by atoms with Crippen LogP contribution in [0.5, 0.6) is 0 Å². The second kappa shape index (κ2) is 13.1. The molecule has 1 aromatic heterocycles. The highest BCUT2D eigenvalue weighted by Crippen LogP contribution is 2.40. The molecule has 0 saturated carbocycles. The molecule has 3 aromatic carbocycles. The van der Waals surface area contributed by atoms with Gasteiger partial charge in [-0.05, 0) is 62.6 Å². The zero-order valence-electron chi connectivity index (χ0n) is 23.5. The van der Waals surface area contributed by atoms with Crippen molar-refractivity contribution in [2.24, 2.45) is 5.41 Å². The largest absolute Gasteiger partial charge is 0.431 e. The number of amides is 1. The topological polar surface area (TPSA) is 68.3 Å². The Hall–Kier alpha value is -3.29. The van der Waals surface area contributed by atoms with Crippen LogP contribution in [-0.4, -0.2) is 29.8 Å². The Balaban J connectivity index is 1.74. The number of alkyl halides is 1. The zero-order chi connectivity index (χ0) is 29.7. The fourth-order valence-corrected chi connectivity index (χ4v) is 5.62. The molecule has 1 N–H and O–H groups in total. The van der Waals surface area contributed by atoms with Gasteiger partial charge in [-0.25, -0.2) is 9.37 Å². The van der Waals surface area contributed by atoms with E-state index in [1.54, 1.807) is 26.0 Å². The quantitative estimate of drug-likeness (QED) is 0.176. The van der Waals surface area contributed by atoms with Crippen LogP contribution in [0.4, 0.5) is 4.39 Å². The van der Waals surface area contributed by atoms with Crippen LogP contribution in [0.25, 0.3) is 22.2 Å². The number of ether oxygens (including phenoxy) is 1. The standard InChI is InChI=1S/C33H33BrClFN2O3/c1-5-11-28(36)41-32(40)33(3,4)25(23-14-9-10-15-26(23)35)19-37-31(39)29-20(2)30(21-12-7-6-8-13-21)38-27-17-16-22(34)18-24(27)29/h6-10,12-18,25,28H,5,11,19H2,1-4H3,(H,37,39). The molecule has 0 aliphatic carbocycles. The van der Waals surface area contributed by atoms with Crippen LogP contribution < -0.4 is 5.32 Å². The number of fused-ring (bicyclic) bond motifs is 1. The molecule has 0 aliphatic rings. The molecule has 5 nitrogen and oxygen atoms in total. The van der Waals surface area contributed by atoms with E-state index in [0.717, 1.165) is 15.6 Å². The van der Waals surface area contributed by atoms with Crippen LogP contribution in [0.1, 0.15) is 61.0 Å². The predicted octanol–water partition coefficient (Wildman–Crippen LogP) is 8.80. The van der Waals surface area contributed by atoms with Crippen molar-refractivity contribution < 1.29 is 18.7 Å². The number of esters is 1. The number of nitrogens with zero attached hydrogens (tertiary/aromatic N) is 1. The van der Waals surface area contributed by atoms with E-state index in [4.69, 9.17) is 21.3 Å². The molecule has 2 atom stereocenters. The third-order valence-corrected chi connectivity index (χ3v) is 8.20. The molecule has 1 heterocycles. The average Bonchev–Trinajstić information content (AvgIpc) is 2.94. The van der Waals surface area contributed by atoms with Crippen LogP contribution in [0.2, 0.25) is 5.02 Å². The van der Waals surface area contributed by atoms with Crippen LogP contribution in [-0.2, 0) is 9.53 Å². The smallest absolute Gasteiger partial charge is 0.314 e. The minimum Gasteiger partial charge on any atom is -0.431 e. The molecular formula is C33H33BrClFN2O3. The Bertz CT molecular complexity index is 1560. The van der Waals surface area contributed by atoms with Crippen molar-refractivity contribution in [2.75, 3.05) is 6.54 Å². The van der Waals surface area contributed by atoms with Crippen LogP contribution in [0.3, 0.4) is 0 Å². The molecule has 0 spiro atoms. The summed E-state index contributed by atoms with van der Waals surface area (Å²) in [6.45, 7) is 7.14. The van der Waals surface area contributed by atoms with Gasteiger partial charge in [-0.3, -0.25) is 9.59 Å². The number of carbonyl (C=O) groups excluding carboxylic acids is 2. The molecule has 0 bridgehead atoms. The maximum atomic E-state index is 14.3. The number of benzene rings is 3. The van der Waals surface area contributed by atoms with Crippen molar-refractivity contribution in [3.05, 3.63) is 99.0 Å². The molecule has 214 valence electrons. The summed E-state index contributed by atoms with van der Waals surface area (Å²) in [5.74, 6) is -1.62. The molecule has 0 saturated heterocycles. The molecule has 2 unspecified atom stereocenters. The Labute approximate surface area is 253 Å². The van der Waals surface area contributed by atoms with Gasteiger partial charge >= 0.3 is 5.97 Å². The first-order valence-corrected chi connectivity index (χ1v) is 14.7. The summed E-state index contributed by atoms with van der Waals surface area (Å²) in [7, 11) is 0. The number of hydrogen-bond donors (Lipinski definition) is 1. The molecule has 41 heavy (non-hydrogen) atoms. The lowest BCUT2D eigenvalue weighted by Gasteiger charge is -2.34. The van der Waals surface area contributed by atoms with Crippen LogP contribution in [0.15, 0.2) is 77.3 Å². The van der Waals surface area contributed by atoms with E-state index in [9.17, 15) is 14.0 Å². The van der Waals surface area contributed by atoms with Gasteiger partial charge in [0.15, 0.2) is 0 Å². The van der Waals surface area contributed by atoms with Crippen molar-refractivity contribution in [1.29, 1.82) is 0 Å². The fourth-order valence-electron chi connectivity index (χ4n) is 4.99.